The second-order valence-corrected chi connectivity index (χ2v) is 8.26. The van der Waals surface area contributed by atoms with Crippen molar-refractivity contribution >= 4 is 11.8 Å². The summed E-state index contributed by atoms with van der Waals surface area (Å²) in [6, 6.07) is 10.9. The van der Waals surface area contributed by atoms with Crippen molar-refractivity contribution in [2.24, 2.45) is 5.41 Å². The van der Waals surface area contributed by atoms with Gasteiger partial charge in [0, 0.05) is 32.2 Å². The third-order valence-electron chi connectivity index (χ3n) is 6.27. The Bertz CT molecular complexity index is 684. The van der Waals surface area contributed by atoms with Crippen LogP contribution in [0.2, 0.25) is 0 Å². The third-order valence-corrected chi connectivity index (χ3v) is 6.27. The fraction of sp³-hybridized carbons (Fsp3) is 0.545. The van der Waals surface area contributed by atoms with Crippen molar-refractivity contribution in [3.05, 3.63) is 48.6 Å². The van der Waals surface area contributed by atoms with Gasteiger partial charge in [0.15, 0.2) is 0 Å². The first-order valence-electron chi connectivity index (χ1n) is 9.87. The largest absolute Gasteiger partial charge is 0.350 e. The second-order valence-electron chi connectivity index (χ2n) is 8.26. The first-order chi connectivity index (χ1) is 12.9. The number of piperidine rings is 1. The van der Waals surface area contributed by atoms with Crippen molar-refractivity contribution in [1.82, 2.24) is 15.1 Å². The fourth-order valence-electron chi connectivity index (χ4n) is 4.46. The van der Waals surface area contributed by atoms with Gasteiger partial charge >= 0.3 is 0 Å². The Morgan fingerprint density at radius 1 is 1.33 bits per heavy atom. The Morgan fingerprint density at radius 2 is 2.04 bits per heavy atom. The van der Waals surface area contributed by atoms with E-state index in [1.165, 1.54) is 35.8 Å². The van der Waals surface area contributed by atoms with E-state index in [1.807, 2.05) is 6.07 Å². The summed E-state index contributed by atoms with van der Waals surface area (Å²) in [5.74, 6) is -0.330. The van der Waals surface area contributed by atoms with Crippen LogP contribution in [0.25, 0.3) is 0 Å². The van der Waals surface area contributed by atoms with Crippen LogP contribution in [0.1, 0.15) is 38.2 Å². The predicted octanol–water partition coefficient (Wildman–Crippen LogP) is 2.58. The first kappa shape index (κ1) is 19.6. The maximum Gasteiger partial charge on any atom is 0.246 e. The lowest BCUT2D eigenvalue weighted by molar-refractivity contribution is -0.132. The van der Waals surface area contributed by atoms with Crippen LogP contribution in [0, 0.1) is 5.41 Å². The topological polar surface area (TPSA) is 52.7 Å². The highest BCUT2D eigenvalue weighted by Crippen LogP contribution is 2.48. The zero-order valence-corrected chi connectivity index (χ0v) is 16.5. The molecule has 1 N–H and O–H groups in total. The van der Waals surface area contributed by atoms with Crippen LogP contribution in [0.15, 0.2) is 43.0 Å². The number of hydrogen-bond donors (Lipinski definition) is 1. The smallest absolute Gasteiger partial charge is 0.246 e. The summed E-state index contributed by atoms with van der Waals surface area (Å²) in [6.45, 7) is 7.76. The third kappa shape index (κ3) is 4.59. The first-order valence-corrected chi connectivity index (χ1v) is 9.87. The van der Waals surface area contributed by atoms with Gasteiger partial charge in [0.2, 0.25) is 11.8 Å². The standard InChI is InChI=1S/C22H31N3O2/c1-4-21(27)24(3)15-20(26)23-19-13-22(11-8-12-22)16-25(17(19)2)14-18-9-6-5-7-10-18/h4-7,9-10,17,19H,1,8,11-16H2,2-3H3,(H,23,26)/t17-,19+/m1/s1. The SMILES string of the molecule is C=CC(=O)N(C)CC(=O)N[C@H]1CC2(CCC2)CN(Cc2ccccc2)[C@@H]1C. The van der Waals surface area contributed by atoms with E-state index in [2.05, 4.69) is 48.0 Å². The fourth-order valence-corrected chi connectivity index (χ4v) is 4.46. The summed E-state index contributed by atoms with van der Waals surface area (Å²) in [6.07, 6.45) is 6.04. The molecule has 27 heavy (non-hydrogen) atoms. The second kappa shape index (κ2) is 8.26. The highest BCUT2D eigenvalue weighted by molar-refractivity contribution is 5.90. The molecule has 1 aliphatic carbocycles. The van der Waals surface area contributed by atoms with Gasteiger partial charge in [-0.3, -0.25) is 14.5 Å². The maximum atomic E-state index is 12.5. The van der Waals surface area contributed by atoms with Crippen molar-refractivity contribution in [2.45, 2.75) is 51.2 Å². The molecule has 2 atom stereocenters. The molecule has 5 nitrogen and oxygen atoms in total. The number of carbonyl (C=O) groups excluding carboxylic acids is 2. The molecule has 1 heterocycles. The minimum atomic E-state index is -0.233. The summed E-state index contributed by atoms with van der Waals surface area (Å²) in [5.41, 5.74) is 1.64. The van der Waals surface area contributed by atoms with E-state index in [9.17, 15) is 9.59 Å². The molecule has 1 saturated heterocycles. The number of benzene rings is 1. The number of nitrogens with zero attached hydrogens (tertiary/aromatic N) is 2. The Kier molecular flexibility index (Phi) is 6.00. The van der Waals surface area contributed by atoms with Gasteiger partial charge in [0.25, 0.3) is 0 Å². The van der Waals surface area contributed by atoms with E-state index < -0.39 is 0 Å². The number of rotatable bonds is 6. The molecule has 0 radical (unpaired) electrons. The van der Waals surface area contributed by atoms with Gasteiger partial charge < -0.3 is 10.2 Å². The molecule has 1 aliphatic heterocycles. The lowest BCUT2D eigenvalue weighted by Crippen LogP contribution is -2.61. The lowest BCUT2D eigenvalue weighted by atomic mass is 9.62. The zero-order valence-electron chi connectivity index (χ0n) is 16.5. The van der Waals surface area contributed by atoms with E-state index in [0.717, 1.165) is 19.5 Å². The normalized spacial score (nSPS) is 24.1. The quantitative estimate of drug-likeness (QED) is 0.784. The van der Waals surface area contributed by atoms with E-state index in [-0.39, 0.29) is 30.4 Å². The molecule has 5 heteroatoms. The molecule has 146 valence electrons. The van der Waals surface area contributed by atoms with Crippen LogP contribution < -0.4 is 5.32 Å². The Morgan fingerprint density at radius 3 is 2.63 bits per heavy atom. The van der Waals surface area contributed by atoms with Gasteiger partial charge in [-0.1, -0.05) is 43.3 Å². The van der Waals surface area contributed by atoms with Crippen molar-refractivity contribution < 1.29 is 9.59 Å². The molecule has 3 rings (SSSR count). The van der Waals surface area contributed by atoms with Crippen LogP contribution in [0.4, 0.5) is 0 Å². The zero-order chi connectivity index (χ0) is 19.4. The molecule has 2 fully saturated rings. The summed E-state index contributed by atoms with van der Waals surface area (Å²) in [5, 5.41) is 3.21. The summed E-state index contributed by atoms with van der Waals surface area (Å²) in [7, 11) is 1.63. The average molecular weight is 370 g/mol. The van der Waals surface area contributed by atoms with Crippen LogP contribution in [0.3, 0.4) is 0 Å². The number of hydrogen-bond acceptors (Lipinski definition) is 3. The van der Waals surface area contributed by atoms with Crippen molar-refractivity contribution in [3.8, 4) is 0 Å². The minimum absolute atomic E-state index is 0.0692. The van der Waals surface area contributed by atoms with Crippen molar-refractivity contribution in [3.63, 3.8) is 0 Å². The van der Waals surface area contributed by atoms with Crippen LogP contribution in [0.5, 0.6) is 0 Å². The highest BCUT2D eigenvalue weighted by Gasteiger charge is 2.47. The van der Waals surface area contributed by atoms with Crippen molar-refractivity contribution in [1.29, 1.82) is 0 Å². The Balaban J connectivity index is 1.67. The van der Waals surface area contributed by atoms with Gasteiger partial charge in [0.05, 0.1) is 6.54 Å². The summed E-state index contributed by atoms with van der Waals surface area (Å²) >= 11 is 0. The van der Waals surface area contributed by atoms with Gasteiger partial charge in [-0.15, -0.1) is 0 Å². The lowest BCUT2D eigenvalue weighted by Gasteiger charge is -2.54. The Labute approximate surface area is 162 Å². The molecular weight excluding hydrogens is 338 g/mol. The van der Waals surface area contributed by atoms with Gasteiger partial charge in [-0.25, -0.2) is 0 Å². The number of likely N-dealkylation sites (N-methyl/N-ethyl adjacent to an activating group) is 1. The summed E-state index contributed by atoms with van der Waals surface area (Å²) in [4.78, 5) is 28.1. The molecule has 1 aromatic carbocycles. The number of likely N-dealkylation sites (tertiary alicyclic amines) is 1. The van der Waals surface area contributed by atoms with Crippen LogP contribution in [-0.2, 0) is 16.1 Å². The van der Waals surface area contributed by atoms with Crippen LogP contribution >= 0.6 is 0 Å². The number of amides is 2. The molecule has 0 aromatic heterocycles. The number of carbonyl (C=O) groups is 2. The number of nitrogens with one attached hydrogen (secondary N) is 1. The van der Waals surface area contributed by atoms with Crippen molar-refractivity contribution in [2.75, 3.05) is 20.1 Å². The molecule has 1 aromatic rings. The average Bonchev–Trinajstić information content (AvgIpc) is 2.63. The Hall–Kier alpha value is -2.14. The molecule has 2 amide bonds. The van der Waals surface area contributed by atoms with Gasteiger partial charge in [-0.05, 0) is 43.2 Å². The highest BCUT2D eigenvalue weighted by atomic mass is 16.2. The predicted molar refractivity (Wildman–Crippen MR) is 107 cm³/mol. The molecular formula is C22H31N3O2. The summed E-state index contributed by atoms with van der Waals surface area (Å²) < 4.78 is 0. The monoisotopic (exact) mass is 369 g/mol. The maximum absolute atomic E-state index is 12.5. The van der Waals surface area contributed by atoms with E-state index in [1.54, 1.807) is 7.05 Å². The van der Waals surface area contributed by atoms with E-state index in [4.69, 9.17) is 0 Å². The minimum Gasteiger partial charge on any atom is -0.350 e. The molecule has 0 bridgehead atoms. The molecule has 1 saturated carbocycles. The van der Waals surface area contributed by atoms with Gasteiger partial charge in [0.1, 0.15) is 0 Å². The van der Waals surface area contributed by atoms with Gasteiger partial charge in [-0.2, -0.15) is 0 Å². The molecule has 1 spiro atoms. The molecule has 2 aliphatic rings. The van der Waals surface area contributed by atoms with E-state index >= 15 is 0 Å². The van der Waals surface area contributed by atoms with Crippen LogP contribution in [-0.4, -0.2) is 53.8 Å². The molecule has 0 unspecified atom stereocenters. The van der Waals surface area contributed by atoms with E-state index in [0.29, 0.717) is 5.41 Å².